The number of aromatic nitrogens is 1. The zero-order valence-electron chi connectivity index (χ0n) is 27.8. The van der Waals surface area contributed by atoms with Crippen molar-refractivity contribution in [2.24, 2.45) is 11.1 Å². The number of carbonyl (C=O) groups excluding carboxylic acids is 6. The molecule has 0 bridgehead atoms. The number of urea groups is 1. The van der Waals surface area contributed by atoms with Gasteiger partial charge in [0.05, 0.1) is 40.0 Å². The average molecular weight is 729 g/mol. The summed E-state index contributed by atoms with van der Waals surface area (Å²) in [5.74, 6) is -2.62. The number of halogens is 1. The molecule has 1 aliphatic carbocycles. The van der Waals surface area contributed by atoms with Gasteiger partial charge >= 0.3 is 6.03 Å². The van der Waals surface area contributed by atoms with E-state index in [9.17, 15) is 28.8 Å². The Bertz CT molecular complexity index is 1810. The van der Waals surface area contributed by atoms with Gasteiger partial charge in [0.15, 0.2) is 33.5 Å². The molecule has 4 heterocycles. The Morgan fingerprint density at radius 3 is 2.43 bits per heavy atom. The predicted octanol–water partition coefficient (Wildman–Crippen LogP) is 4.20. The molecule has 260 valence electrons. The summed E-state index contributed by atoms with van der Waals surface area (Å²) in [6.45, 7) is 8.48. The molecule has 1 aromatic carbocycles. The average Bonchev–Trinajstić information content (AvgIpc) is 3.86. The maximum absolute atomic E-state index is 13.8. The molecule has 3 aliphatic heterocycles. The first-order chi connectivity index (χ1) is 23.2. The maximum atomic E-state index is 13.8. The first kappa shape index (κ1) is 35.0. The largest absolute Gasteiger partial charge is 0.381 e. The van der Waals surface area contributed by atoms with E-state index in [0.717, 1.165) is 40.7 Å². The number of Topliss-reactive ketones (excluding diaryl/α,β-unsaturated/α-hetero) is 3. The van der Waals surface area contributed by atoms with E-state index in [-0.39, 0.29) is 59.8 Å². The van der Waals surface area contributed by atoms with E-state index in [1.165, 1.54) is 35.0 Å². The number of hydrazine groups is 1. The fourth-order valence-electron chi connectivity index (χ4n) is 6.81. The Labute approximate surface area is 296 Å². The fraction of sp³-hybridized carbons (Fsp3) is 0.515. The monoisotopic (exact) mass is 728 g/mol. The quantitative estimate of drug-likeness (QED) is 0.203. The number of fused-ring (bicyclic) bond motifs is 1. The number of nitrogens with one attached hydrogen (secondary N) is 1. The highest BCUT2D eigenvalue weighted by Gasteiger charge is 2.64. The third-order valence-corrected chi connectivity index (χ3v) is 13.1. The number of benzene rings is 1. The summed E-state index contributed by atoms with van der Waals surface area (Å²) in [5, 5.41) is 7.48. The van der Waals surface area contributed by atoms with Crippen molar-refractivity contribution in [3.63, 3.8) is 0 Å². The second kappa shape index (κ2) is 13.1. The smallest absolute Gasteiger partial charge is 0.340 e. The lowest BCUT2D eigenvalue weighted by molar-refractivity contribution is -0.152. The Morgan fingerprint density at radius 1 is 1.08 bits per heavy atom. The van der Waals surface area contributed by atoms with Gasteiger partial charge in [-0.2, -0.15) is 0 Å². The molecule has 6 rings (SSSR count). The van der Waals surface area contributed by atoms with Crippen molar-refractivity contribution in [1.82, 2.24) is 25.2 Å². The molecule has 49 heavy (non-hydrogen) atoms. The van der Waals surface area contributed by atoms with E-state index < -0.39 is 39.5 Å². The molecule has 1 unspecified atom stereocenters. The number of thioether (sulfide) groups is 1. The van der Waals surface area contributed by atoms with Crippen LogP contribution in [0.5, 0.6) is 0 Å². The summed E-state index contributed by atoms with van der Waals surface area (Å²) >= 11 is 8.91. The van der Waals surface area contributed by atoms with Gasteiger partial charge < -0.3 is 9.74 Å². The van der Waals surface area contributed by atoms with Crippen LogP contribution >= 0.6 is 34.7 Å². The molecular weight excluding hydrogens is 692 g/mol. The molecule has 1 aromatic heterocycles. The lowest BCUT2D eigenvalue weighted by atomic mass is 9.90. The number of nitrogens with zero attached hydrogens (tertiary/aromatic N) is 5. The SMILES string of the molecule is CC(=O)C1(O/N=C(\C(=O)C[C@@H]2C(=O)N3C[C@@](C(C)=O)(N4CCN(NC(=O)c5ccc(C)c(C)c5Cl)C4=O)SC23)c2csc(C)n2)CCCC1. The molecular formula is C33H37ClN6O7S2. The molecule has 1 saturated carbocycles. The number of carbonyl (C=O) groups is 6. The number of ketones is 3. The highest BCUT2D eigenvalue weighted by atomic mass is 35.5. The van der Waals surface area contributed by atoms with Gasteiger partial charge in [-0.15, -0.1) is 11.3 Å². The molecule has 1 N–H and O–H groups in total. The maximum Gasteiger partial charge on any atom is 0.340 e. The van der Waals surface area contributed by atoms with Crippen molar-refractivity contribution in [3.8, 4) is 0 Å². The summed E-state index contributed by atoms with van der Waals surface area (Å²) in [6.07, 6.45) is 2.39. The standard InChI is InChI=1S/C33H37ClN6O7S2/c1-17-8-9-22(26(34)18(17)2)28(44)36-40-13-12-39(31(40)46)33(20(4)42)16-38-29(45)23(30(38)49-33)14-25(43)27(24-15-48-21(5)35-24)37-47-32(19(3)41)10-6-7-11-32/h8-9,15,23,30H,6-7,10-14,16H2,1-5H3,(H,36,44)/b37-27-/t23-,30?,33-/m1/s1. The number of hydrogen-bond acceptors (Lipinski definition) is 11. The van der Waals surface area contributed by atoms with Crippen LogP contribution in [0.15, 0.2) is 22.7 Å². The Balaban J connectivity index is 1.18. The van der Waals surface area contributed by atoms with Crippen LogP contribution < -0.4 is 5.43 Å². The molecule has 3 atom stereocenters. The second-order valence-electron chi connectivity index (χ2n) is 13.0. The van der Waals surface area contributed by atoms with E-state index in [0.29, 0.717) is 23.5 Å². The summed E-state index contributed by atoms with van der Waals surface area (Å²) in [5.41, 5.74) is 3.66. The van der Waals surface area contributed by atoms with Crippen LogP contribution in [-0.4, -0.2) is 96.2 Å². The number of β-lactam (4-membered cyclic amide) rings is 1. The second-order valence-corrected chi connectivity index (χ2v) is 15.8. The molecule has 16 heteroatoms. The van der Waals surface area contributed by atoms with E-state index in [4.69, 9.17) is 16.4 Å². The number of rotatable bonds is 11. The minimum Gasteiger partial charge on any atom is -0.381 e. The Hall–Kier alpha value is -3.82. The van der Waals surface area contributed by atoms with Gasteiger partial charge in [0, 0.05) is 18.3 Å². The molecule has 4 aliphatic rings. The van der Waals surface area contributed by atoms with Crippen molar-refractivity contribution < 1.29 is 33.6 Å². The van der Waals surface area contributed by atoms with E-state index >= 15 is 0 Å². The number of oxime groups is 1. The molecule has 0 spiro atoms. The van der Waals surface area contributed by atoms with Crippen molar-refractivity contribution in [3.05, 3.63) is 49.9 Å². The number of aryl methyl sites for hydroxylation is 2. The summed E-state index contributed by atoms with van der Waals surface area (Å²) in [7, 11) is 0. The van der Waals surface area contributed by atoms with Crippen LogP contribution in [0.3, 0.4) is 0 Å². The Kier molecular flexibility index (Phi) is 9.39. The number of hydrogen-bond donors (Lipinski definition) is 1. The zero-order chi connectivity index (χ0) is 35.4. The van der Waals surface area contributed by atoms with E-state index in [1.54, 1.807) is 31.4 Å². The van der Waals surface area contributed by atoms with Crippen molar-refractivity contribution >= 4 is 75.6 Å². The minimum absolute atomic E-state index is 0.0474. The topological polar surface area (TPSA) is 159 Å². The molecule has 3 saturated heterocycles. The first-order valence-corrected chi connectivity index (χ1v) is 18.2. The van der Waals surface area contributed by atoms with Crippen molar-refractivity contribution in [2.75, 3.05) is 19.6 Å². The van der Waals surface area contributed by atoms with Crippen LogP contribution in [-0.2, 0) is 24.0 Å². The minimum atomic E-state index is -1.41. The first-order valence-electron chi connectivity index (χ1n) is 16.1. The Morgan fingerprint density at radius 2 is 1.80 bits per heavy atom. The van der Waals surface area contributed by atoms with Gasteiger partial charge in [0.2, 0.25) is 5.91 Å². The zero-order valence-corrected chi connectivity index (χ0v) is 30.2. The summed E-state index contributed by atoms with van der Waals surface area (Å²) in [4.78, 5) is 91.5. The van der Waals surface area contributed by atoms with Gasteiger partial charge in [-0.05, 0) is 77.5 Å². The molecule has 0 radical (unpaired) electrons. The normalized spacial score (nSPS) is 24.6. The van der Waals surface area contributed by atoms with Crippen molar-refractivity contribution in [1.29, 1.82) is 0 Å². The number of thiazole rings is 1. The van der Waals surface area contributed by atoms with Crippen molar-refractivity contribution in [2.45, 2.75) is 82.6 Å². The van der Waals surface area contributed by atoms with Crippen LogP contribution in [0, 0.1) is 26.7 Å². The van der Waals surface area contributed by atoms with Crippen LogP contribution in [0.2, 0.25) is 5.02 Å². The fourth-order valence-corrected chi connectivity index (χ4v) is 9.46. The summed E-state index contributed by atoms with van der Waals surface area (Å²) in [6, 6.07) is 2.78. The van der Waals surface area contributed by atoms with Gasteiger partial charge in [-0.1, -0.05) is 34.6 Å². The predicted molar refractivity (Wildman–Crippen MR) is 183 cm³/mol. The summed E-state index contributed by atoms with van der Waals surface area (Å²) < 4.78 is 0. The molecule has 4 fully saturated rings. The lowest BCUT2D eigenvalue weighted by Gasteiger charge is -2.41. The highest BCUT2D eigenvalue weighted by molar-refractivity contribution is 8.02. The van der Waals surface area contributed by atoms with Crippen LogP contribution in [0.4, 0.5) is 4.79 Å². The van der Waals surface area contributed by atoms with Gasteiger partial charge in [0.1, 0.15) is 5.69 Å². The van der Waals surface area contributed by atoms with Gasteiger partial charge in [-0.25, -0.2) is 14.8 Å². The number of amides is 4. The molecule has 4 amide bonds. The van der Waals surface area contributed by atoms with Crippen LogP contribution in [0.25, 0.3) is 0 Å². The molecule has 13 nitrogen and oxygen atoms in total. The third-order valence-electron chi connectivity index (χ3n) is 9.98. The van der Waals surface area contributed by atoms with Gasteiger partial charge in [0.25, 0.3) is 5.91 Å². The highest BCUT2D eigenvalue weighted by Crippen LogP contribution is 2.53. The van der Waals surface area contributed by atoms with Crippen LogP contribution in [0.1, 0.15) is 78.1 Å². The van der Waals surface area contributed by atoms with Gasteiger partial charge in [-0.3, -0.25) is 34.3 Å². The third kappa shape index (κ3) is 6.03. The van der Waals surface area contributed by atoms with E-state index in [1.807, 2.05) is 6.92 Å². The lowest BCUT2D eigenvalue weighted by Crippen LogP contribution is -2.59. The van der Waals surface area contributed by atoms with E-state index in [2.05, 4.69) is 15.6 Å². The molecule has 2 aromatic rings.